The summed E-state index contributed by atoms with van der Waals surface area (Å²) in [5, 5.41) is 22.7. The van der Waals surface area contributed by atoms with Crippen LogP contribution in [0.1, 0.15) is 18.4 Å². The Balaban J connectivity index is 1.93. The van der Waals surface area contributed by atoms with Crippen LogP contribution in [0.15, 0.2) is 24.3 Å². The Hall–Kier alpha value is -1.95. The number of nitro benzene ring substituents is 1. The average molecular weight is 264 g/mol. The monoisotopic (exact) mass is 264 g/mol. The molecule has 1 amide bonds. The van der Waals surface area contributed by atoms with E-state index in [9.17, 15) is 14.9 Å². The van der Waals surface area contributed by atoms with Crippen LogP contribution in [0.2, 0.25) is 0 Å². The van der Waals surface area contributed by atoms with E-state index in [1.54, 1.807) is 18.2 Å². The molecular weight excluding hydrogens is 248 g/mol. The molecule has 0 aromatic heterocycles. The average Bonchev–Trinajstić information content (AvgIpc) is 3.17. The van der Waals surface area contributed by atoms with Crippen molar-refractivity contribution < 1.29 is 14.8 Å². The molecular formula is C13H16N2O4. The SMILES string of the molecule is O=C(Cc1ccccc1[N+](=O)[O-])NCC1(CO)CC1. The number of carbonyl (C=O) groups is 1. The van der Waals surface area contributed by atoms with Crippen molar-refractivity contribution in [1.29, 1.82) is 0 Å². The topological polar surface area (TPSA) is 92.5 Å². The molecule has 0 unspecified atom stereocenters. The van der Waals surface area contributed by atoms with Gasteiger partial charge in [0.05, 0.1) is 18.0 Å². The molecule has 0 bridgehead atoms. The summed E-state index contributed by atoms with van der Waals surface area (Å²) < 4.78 is 0. The summed E-state index contributed by atoms with van der Waals surface area (Å²) in [6.45, 7) is 0.502. The summed E-state index contributed by atoms with van der Waals surface area (Å²) in [6.07, 6.45) is 1.81. The highest BCUT2D eigenvalue weighted by Gasteiger charge is 2.42. The van der Waals surface area contributed by atoms with E-state index in [1.807, 2.05) is 0 Å². The minimum absolute atomic E-state index is 0.0152. The molecule has 1 aromatic rings. The van der Waals surface area contributed by atoms with Gasteiger partial charge < -0.3 is 10.4 Å². The molecule has 102 valence electrons. The van der Waals surface area contributed by atoms with E-state index in [0.29, 0.717) is 12.1 Å². The minimum atomic E-state index is -0.487. The van der Waals surface area contributed by atoms with E-state index in [1.165, 1.54) is 6.07 Å². The third kappa shape index (κ3) is 3.29. The highest BCUT2D eigenvalue weighted by molar-refractivity contribution is 5.79. The molecule has 0 radical (unpaired) electrons. The van der Waals surface area contributed by atoms with E-state index in [0.717, 1.165) is 12.8 Å². The van der Waals surface area contributed by atoms with E-state index in [2.05, 4.69) is 5.32 Å². The molecule has 6 heteroatoms. The minimum Gasteiger partial charge on any atom is -0.396 e. The first-order valence-corrected chi connectivity index (χ1v) is 6.16. The van der Waals surface area contributed by atoms with Crippen LogP contribution in [-0.2, 0) is 11.2 Å². The summed E-state index contributed by atoms with van der Waals surface area (Å²) in [6, 6.07) is 6.21. The number of para-hydroxylation sites is 1. The smallest absolute Gasteiger partial charge is 0.273 e. The quantitative estimate of drug-likeness (QED) is 0.592. The van der Waals surface area contributed by atoms with Gasteiger partial charge >= 0.3 is 0 Å². The summed E-state index contributed by atoms with van der Waals surface area (Å²) >= 11 is 0. The summed E-state index contributed by atoms with van der Waals surface area (Å²) in [5.74, 6) is -0.256. The predicted octanol–water partition coefficient (Wildman–Crippen LogP) is 1.03. The number of nitrogens with one attached hydrogen (secondary N) is 1. The Morgan fingerprint density at radius 1 is 1.42 bits per heavy atom. The number of hydrogen-bond acceptors (Lipinski definition) is 4. The molecule has 1 aliphatic carbocycles. The zero-order valence-corrected chi connectivity index (χ0v) is 10.5. The van der Waals surface area contributed by atoms with E-state index in [4.69, 9.17) is 5.11 Å². The lowest BCUT2D eigenvalue weighted by molar-refractivity contribution is -0.385. The van der Waals surface area contributed by atoms with Crippen LogP contribution < -0.4 is 5.32 Å². The van der Waals surface area contributed by atoms with Crippen molar-refractivity contribution in [2.24, 2.45) is 5.41 Å². The van der Waals surface area contributed by atoms with Gasteiger partial charge in [-0.2, -0.15) is 0 Å². The highest BCUT2D eigenvalue weighted by Crippen LogP contribution is 2.44. The second-order valence-electron chi connectivity index (χ2n) is 5.00. The van der Waals surface area contributed by atoms with Crippen LogP contribution in [0, 0.1) is 15.5 Å². The number of benzene rings is 1. The van der Waals surface area contributed by atoms with Crippen LogP contribution >= 0.6 is 0 Å². The number of nitrogens with zero attached hydrogens (tertiary/aromatic N) is 1. The zero-order valence-electron chi connectivity index (χ0n) is 10.5. The Morgan fingerprint density at radius 2 is 2.11 bits per heavy atom. The maximum Gasteiger partial charge on any atom is 0.273 e. The lowest BCUT2D eigenvalue weighted by Gasteiger charge is -2.12. The Morgan fingerprint density at radius 3 is 2.68 bits per heavy atom. The van der Waals surface area contributed by atoms with Crippen LogP contribution in [0.5, 0.6) is 0 Å². The first-order chi connectivity index (χ1) is 9.06. The third-order valence-corrected chi connectivity index (χ3v) is 3.49. The Labute approximate surface area is 110 Å². The van der Waals surface area contributed by atoms with E-state index in [-0.39, 0.29) is 30.0 Å². The number of amides is 1. The second kappa shape index (κ2) is 5.36. The summed E-state index contributed by atoms with van der Waals surface area (Å²) in [5.41, 5.74) is 0.206. The first-order valence-electron chi connectivity index (χ1n) is 6.16. The molecule has 6 nitrogen and oxygen atoms in total. The van der Waals surface area contributed by atoms with Crippen LogP contribution in [-0.4, -0.2) is 29.1 Å². The Kier molecular flexibility index (Phi) is 3.80. The predicted molar refractivity (Wildman–Crippen MR) is 68.6 cm³/mol. The van der Waals surface area contributed by atoms with Crippen molar-refractivity contribution in [1.82, 2.24) is 5.32 Å². The maximum absolute atomic E-state index is 11.8. The van der Waals surface area contributed by atoms with Gasteiger partial charge in [-0.15, -0.1) is 0 Å². The van der Waals surface area contributed by atoms with Gasteiger partial charge in [0.1, 0.15) is 0 Å². The van der Waals surface area contributed by atoms with E-state index >= 15 is 0 Å². The number of hydrogen-bond donors (Lipinski definition) is 2. The van der Waals surface area contributed by atoms with Crippen molar-refractivity contribution >= 4 is 11.6 Å². The van der Waals surface area contributed by atoms with Gasteiger partial charge in [0.2, 0.25) is 5.91 Å². The first kappa shape index (κ1) is 13.5. The van der Waals surface area contributed by atoms with Crippen molar-refractivity contribution in [2.75, 3.05) is 13.2 Å². The normalized spacial score (nSPS) is 15.8. The van der Waals surface area contributed by atoms with Gasteiger partial charge in [-0.05, 0) is 12.8 Å². The molecule has 1 saturated carbocycles. The molecule has 2 N–H and O–H groups in total. The van der Waals surface area contributed by atoms with Gasteiger partial charge in [0, 0.05) is 23.6 Å². The molecule has 0 saturated heterocycles. The van der Waals surface area contributed by atoms with Crippen molar-refractivity contribution in [3.63, 3.8) is 0 Å². The highest BCUT2D eigenvalue weighted by atomic mass is 16.6. The fraction of sp³-hybridized carbons (Fsp3) is 0.462. The molecule has 0 aliphatic heterocycles. The number of rotatable bonds is 6. The maximum atomic E-state index is 11.8. The lowest BCUT2D eigenvalue weighted by Crippen LogP contribution is -2.32. The third-order valence-electron chi connectivity index (χ3n) is 3.49. The standard InChI is InChI=1S/C13H16N2O4/c16-9-13(5-6-13)8-14-12(17)7-10-3-1-2-4-11(10)15(18)19/h1-4,16H,5-9H2,(H,14,17). The molecule has 0 atom stereocenters. The van der Waals surface area contributed by atoms with Gasteiger partial charge in [0.25, 0.3) is 5.69 Å². The van der Waals surface area contributed by atoms with Crippen molar-refractivity contribution in [2.45, 2.75) is 19.3 Å². The molecule has 1 aromatic carbocycles. The van der Waals surface area contributed by atoms with Crippen LogP contribution in [0.3, 0.4) is 0 Å². The molecule has 2 rings (SSSR count). The van der Waals surface area contributed by atoms with Gasteiger partial charge in [-0.3, -0.25) is 14.9 Å². The zero-order chi connectivity index (χ0) is 13.9. The Bertz CT molecular complexity index is 497. The lowest BCUT2D eigenvalue weighted by atomic mass is 10.1. The molecule has 1 aliphatic rings. The molecule has 0 spiro atoms. The largest absolute Gasteiger partial charge is 0.396 e. The summed E-state index contributed by atoms with van der Waals surface area (Å²) in [4.78, 5) is 22.1. The van der Waals surface area contributed by atoms with Gasteiger partial charge in [-0.25, -0.2) is 0 Å². The van der Waals surface area contributed by atoms with Crippen molar-refractivity contribution in [3.05, 3.63) is 39.9 Å². The molecule has 1 fully saturated rings. The number of aliphatic hydroxyl groups excluding tert-OH is 1. The van der Waals surface area contributed by atoms with Crippen LogP contribution in [0.25, 0.3) is 0 Å². The van der Waals surface area contributed by atoms with E-state index < -0.39 is 4.92 Å². The number of carbonyl (C=O) groups excluding carboxylic acids is 1. The fourth-order valence-corrected chi connectivity index (χ4v) is 1.93. The fourth-order valence-electron chi connectivity index (χ4n) is 1.93. The van der Waals surface area contributed by atoms with Crippen molar-refractivity contribution in [3.8, 4) is 0 Å². The number of nitro groups is 1. The second-order valence-corrected chi connectivity index (χ2v) is 5.00. The van der Waals surface area contributed by atoms with Gasteiger partial charge in [0.15, 0.2) is 0 Å². The van der Waals surface area contributed by atoms with Crippen LogP contribution in [0.4, 0.5) is 5.69 Å². The molecule has 19 heavy (non-hydrogen) atoms. The summed E-state index contributed by atoms with van der Waals surface area (Å²) in [7, 11) is 0. The molecule has 0 heterocycles. The number of aliphatic hydroxyl groups is 1. The van der Waals surface area contributed by atoms with Gasteiger partial charge in [-0.1, -0.05) is 18.2 Å².